The van der Waals surface area contributed by atoms with Gasteiger partial charge in [-0.2, -0.15) is 0 Å². The van der Waals surface area contributed by atoms with Crippen molar-refractivity contribution in [1.82, 2.24) is 0 Å². The lowest BCUT2D eigenvalue weighted by Crippen LogP contribution is -2.41. The molecule has 1 rings (SSSR count). The number of ether oxygens (including phenoxy) is 1. The highest BCUT2D eigenvalue weighted by Crippen LogP contribution is 2.26. The van der Waals surface area contributed by atoms with Gasteiger partial charge in [-0.1, -0.05) is 32.0 Å². The summed E-state index contributed by atoms with van der Waals surface area (Å²) in [5, 5.41) is 29.5. The van der Waals surface area contributed by atoms with E-state index in [2.05, 4.69) is 0 Å². The number of rotatable bonds is 7. The summed E-state index contributed by atoms with van der Waals surface area (Å²) in [4.78, 5) is 12.3. The minimum absolute atomic E-state index is 0.181. The van der Waals surface area contributed by atoms with E-state index in [0.29, 0.717) is 5.75 Å². The third kappa shape index (κ3) is 4.77. The van der Waals surface area contributed by atoms with E-state index in [4.69, 9.17) is 9.84 Å². The average Bonchev–Trinajstić information content (AvgIpc) is 2.54. The van der Waals surface area contributed by atoms with Gasteiger partial charge in [0.15, 0.2) is 0 Å². The Hall–Kier alpha value is -1.43. The van der Waals surface area contributed by atoms with Gasteiger partial charge in [0.1, 0.15) is 5.75 Å². The molecular formula is C18H28O5. The van der Waals surface area contributed by atoms with Crippen LogP contribution in [0.5, 0.6) is 5.75 Å². The van der Waals surface area contributed by atoms with Crippen molar-refractivity contribution in [2.75, 3.05) is 6.61 Å². The molecule has 1 aromatic rings. The Labute approximate surface area is 137 Å². The highest BCUT2D eigenvalue weighted by molar-refractivity contribution is 5.76. The van der Waals surface area contributed by atoms with Crippen LogP contribution in [0.25, 0.3) is 0 Å². The van der Waals surface area contributed by atoms with E-state index in [1.807, 2.05) is 32.0 Å². The molecule has 0 aliphatic heterocycles. The Balaban J connectivity index is 2.80. The van der Waals surface area contributed by atoms with Gasteiger partial charge in [-0.15, -0.1) is 0 Å². The first-order chi connectivity index (χ1) is 10.7. The van der Waals surface area contributed by atoms with Crippen LogP contribution < -0.4 is 4.74 Å². The molecule has 3 N–H and O–H groups in total. The molecule has 5 atom stereocenters. The van der Waals surface area contributed by atoms with Gasteiger partial charge in [-0.25, -0.2) is 0 Å². The SMILES string of the molecule is Cc1cccc(C)c1OC(=O)[C@H](C)[C@H](O)[C@@H](C)[C@@H](O)[C@@H](C)CO. The lowest BCUT2D eigenvalue weighted by atomic mass is 9.84. The van der Waals surface area contributed by atoms with E-state index in [9.17, 15) is 15.0 Å². The maximum Gasteiger partial charge on any atom is 0.316 e. The summed E-state index contributed by atoms with van der Waals surface area (Å²) in [6.07, 6.45) is -1.96. The van der Waals surface area contributed by atoms with Crippen LogP contribution in [0.3, 0.4) is 0 Å². The van der Waals surface area contributed by atoms with Crippen LogP contribution >= 0.6 is 0 Å². The smallest absolute Gasteiger partial charge is 0.316 e. The number of aliphatic hydroxyl groups is 3. The van der Waals surface area contributed by atoms with Crippen molar-refractivity contribution < 1.29 is 24.9 Å². The molecule has 0 aliphatic rings. The summed E-state index contributed by atoms with van der Waals surface area (Å²) < 4.78 is 5.45. The molecule has 0 unspecified atom stereocenters. The van der Waals surface area contributed by atoms with Crippen LogP contribution in [0.4, 0.5) is 0 Å². The second-order valence-corrected chi connectivity index (χ2v) is 6.43. The van der Waals surface area contributed by atoms with Crippen LogP contribution in [0.2, 0.25) is 0 Å². The number of hydrogen-bond acceptors (Lipinski definition) is 5. The highest BCUT2D eigenvalue weighted by Gasteiger charge is 2.34. The van der Waals surface area contributed by atoms with Gasteiger partial charge in [0.25, 0.3) is 0 Å². The van der Waals surface area contributed by atoms with E-state index in [-0.39, 0.29) is 12.5 Å². The fraction of sp³-hybridized carbons (Fsp3) is 0.611. The quantitative estimate of drug-likeness (QED) is 0.526. The van der Waals surface area contributed by atoms with Crippen LogP contribution in [-0.2, 0) is 4.79 Å². The molecule has 0 bridgehead atoms. The monoisotopic (exact) mass is 324 g/mol. The minimum atomic E-state index is -1.06. The molecular weight excluding hydrogens is 296 g/mol. The van der Waals surface area contributed by atoms with E-state index in [1.54, 1.807) is 20.8 Å². The molecule has 0 saturated carbocycles. The molecule has 0 radical (unpaired) electrons. The maximum absolute atomic E-state index is 12.3. The fourth-order valence-electron chi connectivity index (χ4n) is 2.58. The summed E-state index contributed by atoms with van der Waals surface area (Å²) in [5.41, 5.74) is 1.70. The second kappa shape index (κ2) is 8.43. The summed E-state index contributed by atoms with van der Waals surface area (Å²) in [6, 6.07) is 5.59. The van der Waals surface area contributed by atoms with Gasteiger partial charge < -0.3 is 20.1 Å². The summed E-state index contributed by atoms with van der Waals surface area (Å²) in [6.45, 7) is 8.45. The number of esters is 1. The summed E-state index contributed by atoms with van der Waals surface area (Å²) in [5.74, 6) is -1.75. The van der Waals surface area contributed by atoms with Gasteiger partial charge in [-0.05, 0) is 31.9 Å². The second-order valence-electron chi connectivity index (χ2n) is 6.43. The van der Waals surface area contributed by atoms with Gasteiger partial charge >= 0.3 is 5.97 Å². The highest BCUT2D eigenvalue weighted by atomic mass is 16.5. The van der Waals surface area contributed by atoms with Crippen molar-refractivity contribution in [3.05, 3.63) is 29.3 Å². The lowest BCUT2D eigenvalue weighted by molar-refractivity contribution is -0.145. The maximum atomic E-state index is 12.3. The zero-order valence-electron chi connectivity index (χ0n) is 14.5. The van der Waals surface area contributed by atoms with Gasteiger partial charge in [0.05, 0.1) is 18.1 Å². The van der Waals surface area contributed by atoms with Crippen LogP contribution in [0.1, 0.15) is 31.9 Å². The first-order valence-electron chi connectivity index (χ1n) is 7.95. The molecule has 1 aromatic carbocycles. The van der Waals surface area contributed by atoms with E-state index in [1.165, 1.54) is 0 Å². The third-order valence-corrected chi connectivity index (χ3v) is 4.44. The van der Waals surface area contributed by atoms with Crippen molar-refractivity contribution >= 4 is 5.97 Å². The fourth-order valence-corrected chi connectivity index (χ4v) is 2.58. The van der Waals surface area contributed by atoms with Crippen molar-refractivity contribution in [1.29, 1.82) is 0 Å². The molecule has 5 heteroatoms. The Morgan fingerprint density at radius 3 is 2.09 bits per heavy atom. The van der Waals surface area contributed by atoms with Crippen molar-refractivity contribution in [3.63, 3.8) is 0 Å². The molecule has 0 amide bonds. The predicted molar refractivity (Wildman–Crippen MR) is 88.1 cm³/mol. The number of carbonyl (C=O) groups excluding carboxylic acids is 1. The zero-order chi connectivity index (χ0) is 17.7. The van der Waals surface area contributed by atoms with E-state index >= 15 is 0 Å². The first kappa shape index (κ1) is 19.6. The largest absolute Gasteiger partial charge is 0.426 e. The van der Waals surface area contributed by atoms with Crippen LogP contribution in [0.15, 0.2) is 18.2 Å². The van der Waals surface area contributed by atoms with Gasteiger partial charge in [0.2, 0.25) is 0 Å². The number of aliphatic hydroxyl groups excluding tert-OH is 3. The molecule has 0 heterocycles. The molecule has 0 saturated heterocycles. The Kier molecular flexibility index (Phi) is 7.19. The standard InChI is InChI=1S/C18H28O5/c1-10-7-6-8-11(2)17(10)23-18(22)14(5)16(21)13(4)15(20)12(3)9-19/h6-8,12-16,19-21H,9H2,1-5H3/t12-,13-,14+,15-,16+/m0/s1. The molecule has 5 nitrogen and oxygen atoms in total. The molecule has 0 spiro atoms. The van der Waals surface area contributed by atoms with E-state index < -0.39 is 30.0 Å². The number of aryl methyl sites for hydroxylation is 2. The first-order valence-corrected chi connectivity index (χ1v) is 7.95. The molecule has 0 aliphatic carbocycles. The number of para-hydroxylation sites is 1. The predicted octanol–water partition coefficient (Wildman–Crippen LogP) is 1.83. The summed E-state index contributed by atoms with van der Waals surface area (Å²) >= 11 is 0. The Morgan fingerprint density at radius 2 is 1.61 bits per heavy atom. The van der Waals surface area contributed by atoms with Crippen molar-refractivity contribution in [2.45, 2.75) is 46.8 Å². The van der Waals surface area contributed by atoms with Gasteiger partial charge in [0, 0.05) is 18.4 Å². The van der Waals surface area contributed by atoms with Gasteiger partial charge in [-0.3, -0.25) is 4.79 Å². The third-order valence-electron chi connectivity index (χ3n) is 4.44. The molecule has 130 valence electrons. The Bertz CT molecular complexity index is 508. The average molecular weight is 324 g/mol. The molecule has 23 heavy (non-hydrogen) atoms. The normalized spacial score (nSPS) is 17.9. The number of benzene rings is 1. The number of carbonyl (C=O) groups is 1. The zero-order valence-corrected chi connectivity index (χ0v) is 14.5. The lowest BCUT2D eigenvalue weighted by Gasteiger charge is -2.30. The molecule has 0 fully saturated rings. The van der Waals surface area contributed by atoms with Crippen LogP contribution in [-0.4, -0.2) is 40.1 Å². The van der Waals surface area contributed by atoms with Crippen molar-refractivity contribution in [2.24, 2.45) is 17.8 Å². The van der Waals surface area contributed by atoms with Crippen LogP contribution in [0, 0.1) is 31.6 Å². The summed E-state index contributed by atoms with van der Waals surface area (Å²) in [7, 11) is 0. The number of hydrogen-bond donors (Lipinski definition) is 3. The molecule has 0 aromatic heterocycles. The van der Waals surface area contributed by atoms with Crippen molar-refractivity contribution in [3.8, 4) is 5.75 Å². The Morgan fingerprint density at radius 1 is 1.09 bits per heavy atom. The minimum Gasteiger partial charge on any atom is -0.426 e. The topological polar surface area (TPSA) is 87.0 Å². The van der Waals surface area contributed by atoms with E-state index in [0.717, 1.165) is 11.1 Å².